The number of hydrogen-bond acceptors (Lipinski definition) is 0. The van der Waals surface area contributed by atoms with Crippen molar-refractivity contribution in [2.45, 2.75) is 67.2 Å². The van der Waals surface area contributed by atoms with Crippen LogP contribution in [0, 0.1) is 33.8 Å². The first-order valence-electron chi connectivity index (χ1n) is 19.2. The normalized spacial score (nSPS) is 11.2. The summed E-state index contributed by atoms with van der Waals surface area (Å²) in [5.41, 5.74) is 16.6. The molecule has 0 N–H and O–H groups in total. The summed E-state index contributed by atoms with van der Waals surface area (Å²) in [4.78, 5) is 0. The molecule has 8 aromatic carbocycles. The Morgan fingerprint density at radius 1 is 0.500 bits per heavy atom. The largest absolute Gasteiger partial charge is 0.184 e. The van der Waals surface area contributed by atoms with Crippen LogP contribution in [-0.4, -0.2) is 9.52 Å². The van der Waals surface area contributed by atoms with Crippen molar-refractivity contribution in [1.29, 1.82) is 0 Å². The third kappa shape index (κ3) is 8.31. The first-order chi connectivity index (χ1) is 25.9. The Morgan fingerprint density at radius 2 is 0.963 bits per heavy atom. The zero-order valence-electron chi connectivity index (χ0n) is 32.6. The van der Waals surface area contributed by atoms with Gasteiger partial charge in [-0.2, -0.15) is 41.6 Å². The quantitative estimate of drug-likeness (QED) is 0.115. The van der Waals surface area contributed by atoms with E-state index in [9.17, 15) is 0 Å². The fourth-order valence-corrected chi connectivity index (χ4v) is 9.05. The maximum absolute atomic E-state index is 3.31. The predicted molar refractivity (Wildman–Crippen MR) is 233 cm³/mol. The van der Waals surface area contributed by atoms with Gasteiger partial charge in [0.1, 0.15) is 0 Å². The number of hydrogen-bond donors (Lipinski definition) is 0. The monoisotopic (exact) mass is 881 g/mol. The molecule has 54 heavy (non-hydrogen) atoms. The van der Waals surface area contributed by atoms with Crippen molar-refractivity contribution in [3.63, 3.8) is 0 Å². The number of aryl methyl sites for hydroxylation is 4. The minimum Gasteiger partial charge on any atom is -0.184 e. The van der Waals surface area contributed by atoms with E-state index >= 15 is 0 Å². The van der Waals surface area contributed by atoms with Gasteiger partial charge in [0.05, 0.1) is 9.52 Å². The molecule has 1 heterocycles. The van der Waals surface area contributed by atoms with Gasteiger partial charge in [0.15, 0.2) is 0 Å². The minimum atomic E-state index is 0. The standard InChI is InChI=1S/2C20H21.C12H7Si.Hf/c2*1-4-7-16-12-17-9-6-11-19(20(17)13-16)18-10-5-8-14(2)15(18)3;1-3-7-11-9(5-1)10-6-2-4-8-12(10)13-11;/h2*5-6,8-13H,4,7H2,1-3H3;1-7H;/q3*-1;. The van der Waals surface area contributed by atoms with E-state index in [1.54, 1.807) is 0 Å². The molecule has 9 rings (SSSR count). The molecule has 0 saturated carbocycles. The molecule has 0 amide bonds. The molecule has 1 aliphatic rings. The molecule has 0 aromatic heterocycles. The van der Waals surface area contributed by atoms with Crippen LogP contribution in [0.4, 0.5) is 0 Å². The molecule has 0 spiro atoms. The van der Waals surface area contributed by atoms with Crippen LogP contribution in [0.15, 0.2) is 140 Å². The zero-order chi connectivity index (χ0) is 36.9. The van der Waals surface area contributed by atoms with Crippen LogP contribution in [0.2, 0.25) is 0 Å². The van der Waals surface area contributed by atoms with Gasteiger partial charge in [-0.05, 0) is 73.9 Å². The van der Waals surface area contributed by atoms with Gasteiger partial charge in [-0.1, -0.05) is 121 Å². The molecule has 0 bridgehead atoms. The third-order valence-electron chi connectivity index (χ3n) is 10.8. The van der Waals surface area contributed by atoms with Crippen molar-refractivity contribution >= 4 is 41.4 Å². The average Bonchev–Trinajstić information content (AvgIpc) is 3.89. The summed E-state index contributed by atoms with van der Waals surface area (Å²) < 4.78 is 0. The molecular formula is C52H49HfSi-3. The van der Waals surface area contributed by atoms with Gasteiger partial charge in [0.25, 0.3) is 0 Å². The summed E-state index contributed by atoms with van der Waals surface area (Å²) in [6.45, 7) is 13.3. The first kappa shape index (κ1) is 39.3. The van der Waals surface area contributed by atoms with Crippen LogP contribution in [0.1, 0.15) is 60.1 Å². The Balaban J connectivity index is 0.000000140. The van der Waals surface area contributed by atoms with E-state index in [4.69, 9.17) is 0 Å². The van der Waals surface area contributed by atoms with E-state index in [0.717, 1.165) is 9.52 Å². The van der Waals surface area contributed by atoms with Crippen LogP contribution in [0.5, 0.6) is 0 Å². The molecular weight excluding hydrogens is 831 g/mol. The van der Waals surface area contributed by atoms with Gasteiger partial charge in [0.2, 0.25) is 0 Å². The molecule has 0 nitrogen and oxygen atoms in total. The van der Waals surface area contributed by atoms with Crippen molar-refractivity contribution in [3.05, 3.63) is 179 Å². The van der Waals surface area contributed by atoms with E-state index in [-0.39, 0.29) is 25.8 Å². The summed E-state index contributed by atoms with van der Waals surface area (Å²) in [6, 6.07) is 54.1. The molecule has 1 aliphatic heterocycles. The second-order valence-electron chi connectivity index (χ2n) is 14.5. The molecule has 0 aliphatic carbocycles. The van der Waals surface area contributed by atoms with E-state index in [2.05, 4.69) is 181 Å². The number of fused-ring (bicyclic) bond motifs is 5. The van der Waals surface area contributed by atoms with Gasteiger partial charge in [-0.15, -0.1) is 74.6 Å². The van der Waals surface area contributed by atoms with Gasteiger partial charge in [0, 0.05) is 25.8 Å². The SMILES string of the molecule is CCCc1cc2c(-c3cccc(C)c3C)cccc2[cH-]1.CCCc1cc2c(-c3cccc(C)c3C)cccc2[cH-]1.[Hf].[c-]1cccc2c1[Si]c1ccccc1-2. The fourth-order valence-electron chi connectivity index (χ4n) is 7.74. The van der Waals surface area contributed by atoms with Crippen LogP contribution in [-0.2, 0) is 38.7 Å². The number of rotatable bonds is 6. The molecule has 268 valence electrons. The Labute approximate surface area is 344 Å². The Hall–Kier alpha value is -4.37. The predicted octanol–water partition coefficient (Wildman–Crippen LogP) is 12.7. The third-order valence-corrected chi connectivity index (χ3v) is 12.2. The molecule has 0 fully saturated rings. The van der Waals surface area contributed by atoms with Gasteiger partial charge in [-0.3, -0.25) is 0 Å². The maximum atomic E-state index is 3.31. The summed E-state index contributed by atoms with van der Waals surface area (Å²) in [7, 11) is 0.795. The van der Waals surface area contributed by atoms with Crippen LogP contribution in [0.3, 0.4) is 0 Å². The first-order valence-corrected chi connectivity index (χ1v) is 20.2. The minimum absolute atomic E-state index is 0. The second kappa shape index (κ2) is 17.8. The topological polar surface area (TPSA) is 0 Å². The number of benzene rings is 6. The molecule has 0 atom stereocenters. The summed E-state index contributed by atoms with van der Waals surface area (Å²) in [6.07, 6.45) is 4.74. The Morgan fingerprint density at radius 3 is 1.50 bits per heavy atom. The van der Waals surface area contributed by atoms with Crippen molar-refractivity contribution in [1.82, 2.24) is 0 Å². The smallest absolute Gasteiger partial charge is 0.0920 e. The van der Waals surface area contributed by atoms with Gasteiger partial charge >= 0.3 is 0 Å². The average molecular weight is 881 g/mol. The van der Waals surface area contributed by atoms with E-state index in [1.165, 1.54) is 124 Å². The fraction of sp³-hybridized carbons (Fsp3) is 0.192. The Kier molecular flexibility index (Phi) is 13.0. The van der Waals surface area contributed by atoms with Crippen molar-refractivity contribution in [2.75, 3.05) is 0 Å². The van der Waals surface area contributed by atoms with E-state index in [1.807, 2.05) is 6.07 Å². The van der Waals surface area contributed by atoms with E-state index in [0.29, 0.717) is 0 Å². The zero-order valence-corrected chi connectivity index (χ0v) is 37.2. The van der Waals surface area contributed by atoms with E-state index < -0.39 is 0 Å². The maximum Gasteiger partial charge on any atom is 0.0920 e. The summed E-state index contributed by atoms with van der Waals surface area (Å²) in [5.74, 6) is 0. The molecule has 0 saturated heterocycles. The van der Waals surface area contributed by atoms with Gasteiger partial charge < -0.3 is 0 Å². The van der Waals surface area contributed by atoms with Crippen LogP contribution >= 0.6 is 0 Å². The molecule has 8 aromatic rings. The molecule has 2 radical (unpaired) electrons. The van der Waals surface area contributed by atoms with Gasteiger partial charge in [-0.25, -0.2) is 0 Å². The molecule has 2 heteroatoms. The van der Waals surface area contributed by atoms with Crippen LogP contribution in [0.25, 0.3) is 54.9 Å². The Bertz CT molecular complexity index is 2330. The second-order valence-corrected chi connectivity index (χ2v) is 15.8. The van der Waals surface area contributed by atoms with Crippen molar-refractivity contribution in [2.24, 2.45) is 0 Å². The molecule has 0 unspecified atom stereocenters. The summed E-state index contributed by atoms with van der Waals surface area (Å²) in [5, 5.41) is 8.34. The van der Waals surface area contributed by atoms with Crippen molar-refractivity contribution < 1.29 is 25.8 Å². The summed E-state index contributed by atoms with van der Waals surface area (Å²) >= 11 is 0. The van der Waals surface area contributed by atoms with Crippen LogP contribution < -0.4 is 10.4 Å². The van der Waals surface area contributed by atoms with Crippen molar-refractivity contribution in [3.8, 4) is 33.4 Å².